The highest BCUT2D eigenvalue weighted by Crippen LogP contribution is 2.29. The number of piperidine rings is 2. The lowest BCUT2D eigenvalue weighted by atomic mass is 9.84. The fourth-order valence-electron chi connectivity index (χ4n) is 3.59. The molecular formula is C15H31N3. The molecule has 0 saturated carbocycles. The van der Waals surface area contributed by atoms with Gasteiger partial charge < -0.3 is 15.1 Å². The van der Waals surface area contributed by atoms with Crippen LogP contribution in [-0.4, -0.2) is 62.2 Å². The van der Waals surface area contributed by atoms with E-state index in [1.165, 1.54) is 71.4 Å². The lowest BCUT2D eigenvalue weighted by molar-refractivity contribution is 0.0391. The molecule has 106 valence electrons. The molecular weight excluding hydrogens is 222 g/mol. The predicted molar refractivity (Wildman–Crippen MR) is 78.0 cm³/mol. The highest BCUT2D eigenvalue weighted by atomic mass is 15.2. The molecule has 0 aliphatic carbocycles. The summed E-state index contributed by atoms with van der Waals surface area (Å²) in [5, 5.41) is 3.56. The molecule has 0 spiro atoms. The number of hydrogen-bond donors (Lipinski definition) is 1. The molecule has 3 nitrogen and oxygen atoms in total. The van der Waals surface area contributed by atoms with E-state index in [0.29, 0.717) is 0 Å². The van der Waals surface area contributed by atoms with E-state index < -0.39 is 0 Å². The molecule has 0 amide bonds. The average molecular weight is 253 g/mol. The van der Waals surface area contributed by atoms with Gasteiger partial charge in [0.25, 0.3) is 0 Å². The fourth-order valence-corrected chi connectivity index (χ4v) is 3.59. The summed E-state index contributed by atoms with van der Waals surface area (Å²) < 4.78 is 0. The van der Waals surface area contributed by atoms with Crippen molar-refractivity contribution in [3.05, 3.63) is 0 Å². The normalized spacial score (nSPS) is 30.3. The monoisotopic (exact) mass is 253 g/mol. The molecule has 2 unspecified atom stereocenters. The van der Waals surface area contributed by atoms with Gasteiger partial charge in [0, 0.05) is 25.7 Å². The first kappa shape index (κ1) is 14.3. The van der Waals surface area contributed by atoms with Crippen molar-refractivity contribution in [2.45, 2.75) is 45.1 Å². The second-order valence-corrected chi connectivity index (χ2v) is 6.14. The Morgan fingerprint density at radius 3 is 2.89 bits per heavy atom. The topological polar surface area (TPSA) is 18.5 Å². The number of fused-ring (bicyclic) bond motifs is 1. The molecule has 3 heteroatoms. The lowest BCUT2D eigenvalue weighted by Crippen LogP contribution is -2.53. The highest BCUT2D eigenvalue weighted by Gasteiger charge is 2.33. The van der Waals surface area contributed by atoms with Gasteiger partial charge >= 0.3 is 0 Å². The number of hydrogen-bond acceptors (Lipinski definition) is 3. The maximum Gasteiger partial charge on any atom is 0.0145 e. The van der Waals surface area contributed by atoms with E-state index >= 15 is 0 Å². The van der Waals surface area contributed by atoms with Gasteiger partial charge in [-0.1, -0.05) is 13.3 Å². The maximum absolute atomic E-state index is 3.56. The van der Waals surface area contributed by atoms with Gasteiger partial charge in [-0.25, -0.2) is 0 Å². The summed E-state index contributed by atoms with van der Waals surface area (Å²) in [6, 6.07) is 0.878. The van der Waals surface area contributed by atoms with Gasteiger partial charge in [-0.15, -0.1) is 0 Å². The van der Waals surface area contributed by atoms with Crippen LogP contribution >= 0.6 is 0 Å². The van der Waals surface area contributed by atoms with E-state index in [1.54, 1.807) is 0 Å². The zero-order chi connectivity index (χ0) is 12.8. The second kappa shape index (κ2) is 7.46. The zero-order valence-corrected chi connectivity index (χ0v) is 12.3. The smallest absolute Gasteiger partial charge is 0.0145 e. The van der Waals surface area contributed by atoms with Crippen molar-refractivity contribution in [3.8, 4) is 0 Å². The summed E-state index contributed by atoms with van der Waals surface area (Å²) in [6.45, 7) is 9.83. The summed E-state index contributed by atoms with van der Waals surface area (Å²) in [4.78, 5) is 5.28. The van der Waals surface area contributed by atoms with Gasteiger partial charge in [-0.2, -0.15) is 0 Å². The summed E-state index contributed by atoms with van der Waals surface area (Å²) in [5.74, 6) is 0.938. The minimum Gasteiger partial charge on any atom is -0.315 e. The minimum absolute atomic E-state index is 0.878. The van der Waals surface area contributed by atoms with Crippen molar-refractivity contribution < 1.29 is 0 Å². The third kappa shape index (κ3) is 3.94. The van der Waals surface area contributed by atoms with Crippen LogP contribution in [0.4, 0.5) is 0 Å². The number of nitrogens with one attached hydrogen (secondary N) is 1. The van der Waals surface area contributed by atoms with Gasteiger partial charge in [0.1, 0.15) is 0 Å². The molecule has 2 rings (SSSR count). The third-order valence-electron chi connectivity index (χ3n) is 4.74. The van der Waals surface area contributed by atoms with Crippen molar-refractivity contribution in [2.24, 2.45) is 5.92 Å². The van der Waals surface area contributed by atoms with Gasteiger partial charge in [0.05, 0.1) is 0 Å². The molecule has 2 fully saturated rings. The van der Waals surface area contributed by atoms with E-state index in [1.807, 2.05) is 0 Å². The molecule has 2 aliphatic rings. The van der Waals surface area contributed by atoms with Crippen molar-refractivity contribution in [3.63, 3.8) is 0 Å². The van der Waals surface area contributed by atoms with Crippen molar-refractivity contribution in [1.29, 1.82) is 0 Å². The molecule has 18 heavy (non-hydrogen) atoms. The minimum atomic E-state index is 0.878. The quantitative estimate of drug-likeness (QED) is 0.728. The van der Waals surface area contributed by atoms with E-state index in [0.717, 1.165) is 12.0 Å². The first-order chi connectivity index (χ1) is 8.81. The van der Waals surface area contributed by atoms with E-state index in [9.17, 15) is 0 Å². The molecule has 0 bridgehead atoms. The third-order valence-corrected chi connectivity index (χ3v) is 4.74. The number of likely N-dealkylation sites (tertiary alicyclic amines) is 2. The van der Waals surface area contributed by atoms with Crippen LogP contribution < -0.4 is 5.32 Å². The Labute approximate surface area is 113 Å². The van der Waals surface area contributed by atoms with Gasteiger partial charge in [-0.05, 0) is 58.3 Å². The average Bonchev–Trinajstić information content (AvgIpc) is 2.39. The van der Waals surface area contributed by atoms with Crippen LogP contribution in [0, 0.1) is 5.92 Å². The summed E-state index contributed by atoms with van der Waals surface area (Å²) in [5.41, 5.74) is 0. The Morgan fingerprint density at radius 1 is 1.17 bits per heavy atom. The molecule has 0 aromatic carbocycles. The Hall–Kier alpha value is -0.120. The first-order valence-corrected chi connectivity index (χ1v) is 7.94. The van der Waals surface area contributed by atoms with Crippen LogP contribution in [0.15, 0.2) is 0 Å². The molecule has 0 aromatic heterocycles. The fraction of sp³-hybridized carbons (Fsp3) is 1.00. The standard InChI is InChI=1S/C15H31N3/c1-3-4-8-16-9-12-18-11-7-15-14(13-18)6-5-10-17(15)2/h14-16H,3-13H2,1-2H3. The molecule has 0 aromatic rings. The second-order valence-electron chi connectivity index (χ2n) is 6.14. The van der Waals surface area contributed by atoms with Gasteiger partial charge in [0.15, 0.2) is 0 Å². The SMILES string of the molecule is CCCCNCCN1CCC2C(CCCN2C)C1. The lowest BCUT2D eigenvalue weighted by Gasteiger charge is -2.46. The van der Waals surface area contributed by atoms with Crippen molar-refractivity contribution >= 4 is 0 Å². The Morgan fingerprint density at radius 2 is 2.06 bits per heavy atom. The van der Waals surface area contributed by atoms with E-state index in [2.05, 4.69) is 29.1 Å². The van der Waals surface area contributed by atoms with Gasteiger partial charge in [0.2, 0.25) is 0 Å². The predicted octanol–water partition coefficient (Wildman–Crippen LogP) is 1.79. The molecule has 2 heterocycles. The first-order valence-electron chi connectivity index (χ1n) is 7.94. The Kier molecular flexibility index (Phi) is 5.93. The largest absolute Gasteiger partial charge is 0.315 e. The van der Waals surface area contributed by atoms with Crippen LogP contribution in [-0.2, 0) is 0 Å². The number of nitrogens with zero attached hydrogens (tertiary/aromatic N) is 2. The van der Waals surface area contributed by atoms with Gasteiger partial charge in [-0.3, -0.25) is 0 Å². The van der Waals surface area contributed by atoms with Crippen molar-refractivity contribution in [1.82, 2.24) is 15.1 Å². The highest BCUT2D eigenvalue weighted by molar-refractivity contribution is 4.89. The van der Waals surface area contributed by atoms with Crippen LogP contribution in [0.3, 0.4) is 0 Å². The molecule has 2 saturated heterocycles. The van der Waals surface area contributed by atoms with E-state index in [-0.39, 0.29) is 0 Å². The molecule has 2 aliphatic heterocycles. The molecule has 0 radical (unpaired) electrons. The van der Waals surface area contributed by atoms with Crippen LogP contribution in [0.2, 0.25) is 0 Å². The summed E-state index contributed by atoms with van der Waals surface area (Å²) in [6.07, 6.45) is 6.85. The number of unbranched alkanes of at least 4 members (excludes halogenated alkanes) is 1. The summed E-state index contributed by atoms with van der Waals surface area (Å²) >= 11 is 0. The van der Waals surface area contributed by atoms with Crippen LogP contribution in [0.25, 0.3) is 0 Å². The molecule has 2 atom stereocenters. The number of rotatable bonds is 6. The maximum atomic E-state index is 3.56. The van der Waals surface area contributed by atoms with Crippen LogP contribution in [0.5, 0.6) is 0 Å². The molecule has 1 N–H and O–H groups in total. The van der Waals surface area contributed by atoms with Crippen molar-refractivity contribution in [2.75, 3.05) is 46.3 Å². The van der Waals surface area contributed by atoms with E-state index in [4.69, 9.17) is 0 Å². The Bertz CT molecular complexity index is 232. The van der Waals surface area contributed by atoms with Crippen LogP contribution in [0.1, 0.15) is 39.0 Å². The Balaban J connectivity index is 1.64. The summed E-state index contributed by atoms with van der Waals surface area (Å²) in [7, 11) is 2.32. The zero-order valence-electron chi connectivity index (χ0n) is 12.3.